The van der Waals surface area contributed by atoms with Gasteiger partial charge in [-0.2, -0.15) is 0 Å². The van der Waals surface area contributed by atoms with Gasteiger partial charge in [0, 0.05) is 53.5 Å². The maximum atomic E-state index is 14.6. The number of hydrogen-bond donors (Lipinski definition) is 2. The van der Waals surface area contributed by atoms with Crippen LogP contribution in [0.4, 0.5) is 0 Å². The Morgan fingerprint density at radius 2 is 1.72 bits per heavy atom. The van der Waals surface area contributed by atoms with Gasteiger partial charge in [0.05, 0.1) is 43.0 Å². The number of carbonyl (C=O) groups is 1. The fraction of sp³-hybridized carbons (Fsp3) is 0.780. The van der Waals surface area contributed by atoms with Gasteiger partial charge in [0.25, 0.3) is 0 Å². The van der Waals surface area contributed by atoms with E-state index in [0.29, 0.717) is 40.1 Å². The summed E-state index contributed by atoms with van der Waals surface area (Å²) in [6.07, 6.45) is 22.2. The normalized spacial score (nSPS) is 48.7. The zero-order valence-electron chi connectivity index (χ0n) is 38.5. The third-order valence-corrected chi connectivity index (χ3v) is 19.8. The molecule has 2 N–H and O–H groups in total. The summed E-state index contributed by atoms with van der Waals surface area (Å²) in [7, 11) is 3.62. The molecule has 1 spiro atoms. The van der Waals surface area contributed by atoms with Crippen molar-refractivity contribution in [2.75, 3.05) is 20.8 Å². The van der Waals surface area contributed by atoms with Gasteiger partial charge >= 0.3 is 0 Å². The van der Waals surface area contributed by atoms with E-state index >= 15 is 0 Å². The lowest BCUT2D eigenvalue weighted by atomic mass is 9.71. The molecule has 0 amide bonds. The molecule has 0 aromatic carbocycles. The van der Waals surface area contributed by atoms with Crippen LogP contribution in [0.15, 0.2) is 59.3 Å². The van der Waals surface area contributed by atoms with Gasteiger partial charge < -0.3 is 33.9 Å². The molecule has 19 atom stereocenters. The number of methoxy groups -OCH3 is 2. The highest BCUT2D eigenvalue weighted by Crippen LogP contribution is 2.55. The van der Waals surface area contributed by atoms with Crippen LogP contribution in [0.3, 0.4) is 0 Å². The monoisotopic (exact) mass is 900 g/mol. The van der Waals surface area contributed by atoms with Gasteiger partial charge in [-0.3, -0.25) is 4.79 Å². The maximum Gasteiger partial charge on any atom is 0.199 e. The zero-order chi connectivity index (χ0) is 43.8. The van der Waals surface area contributed by atoms with Crippen LogP contribution in [0.5, 0.6) is 0 Å². The molecule has 4 fully saturated rings. The molecule has 0 aromatic heterocycles. The molecule has 9 unspecified atom stereocenters. The SMILES string of the molecule is CCC(C)[C@H]1C[C@]2(C=CC1C)C[C@@H]1C[C@@H](C/C=C(\C)C(OC3C[C@H](OC)C(OC4CC[C@@H](C)[C@@H](OC)C4)[C@H](C)S3)C(C)/C=C/C=C3\CO[C@@H]4[C@H](O)C(C)=CC(C(=O)S1)C34O)S2. The minimum Gasteiger partial charge on any atom is -0.386 e. The molecule has 4 heterocycles. The quantitative estimate of drug-likeness (QED) is 0.228. The van der Waals surface area contributed by atoms with Gasteiger partial charge in [0.1, 0.15) is 23.2 Å². The number of aliphatic hydroxyl groups is 2. The van der Waals surface area contributed by atoms with Gasteiger partial charge in [-0.1, -0.05) is 102 Å². The minimum atomic E-state index is -1.63. The van der Waals surface area contributed by atoms with Crippen molar-refractivity contribution in [2.24, 2.45) is 35.5 Å². The number of allylic oxidation sites excluding steroid dienone is 4. The number of aliphatic hydroxyl groups excluding tert-OH is 1. The first kappa shape index (κ1) is 48.1. The Kier molecular flexibility index (Phi) is 16.0. The van der Waals surface area contributed by atoms with Gasteiger partial charge in [-0.05, 0) is 92.8 Å². The highest BCUT2D eigenvalue weighted by Gasteiger charge is 2.59. The lowest BCUT2D eigenvalue weighted by molar-refractivity contribution is -0.133. The number of thioether (sulfide) groups is 3. The van der Waals surface area contributed by atoms with Crippen LogP contribution < -0.4 is 0 Å². The first-order valence-corrected chi connectivity index (χ1v) is 26.1. The molecule has 7 aliphatic rings. The fourth-order valence-electron chi connectivity index (χ4n) is 11.6. The summed E-state index contributed by atoms with van der Waals surface area (Å²) in [6.45, 7) is 18.0. The lowest BCUT2D eigenvalue weighted by Crippen LogP contribution is -2.56. The summed E-state index contributed by atoms with van der Waals surface area (Å²) in [6, 6.07) is 0. The molecule has 3 aliphatic carbocycles. The van der Waals surface area contributed by atoms with E-state index in [1.54, 1.807) is 7.11 Å². The summed E-state index contributed by atoms with van der Waals surface area (Å²) in [5, 5.41) is 24.5. The van der Waals surface area contributed by atoms with Crippen molar-refractivity contribution >= 4 is 40.4 Å². The Bertz CT molecular complexity index is 1700. The van der Waals surface area contributed by atoms with Crippen LogP contribution in [-0.2, 0) is 28.5 Å². The Hall–Kier alpha value is -0.860. The Morgan fingerprint density at radius 3 is 2.46 bits per heavy atom. The fourth-order valence-corrected chi connectivity index (χ4v) is 16.6. The predicted octanol–water partition coefficient (Wildman–Crippen LogP) is 9.88. The molecule has 0 radical (unpaired) electrons. The maximum absolute atomic E-state index is 14.6. The van der Waals surface area contributed by atoms with Crippen LogP contribution in [0.1, 0.15) is 113 Å². The van der Waals surface area contributed by atoms with Crippen molar-refractivity contribution in [1.82, 2.24) is 0 Å². The van der Waals surface area contributed by atoms with Crippen LogP contribution in [0, 0.1) is 35.5 Å². The molecule has 7 rings (SSSR count). The predicted molar refractivity (Wildman–Crippen MR) is 252 cm³/mol. The number of carbonyl (C=O) groups excluding carboxylic acids is 1. The Balaban J connectivity index is 1.18. The average molecular weight is 901 g/mol. The molecule has 2 bridgehead atoms. The first-order valence-electron chi connectivity index (χ1n) is 23.4. The van der Waals surface area contributed by atoms with Crippen molar-refractivity contribution in [3.05, 3.63) is 59.3 Å². The molecule has 342 valence electrons. The number of hydrogen-bond acceptors (Lipinski definition) is 11. The highest BCUT2D eigenvalue weighted by atomic mass is 32.2. The standard InChI is InChI=1S/C50H76O8S3/c1-11-28(2)39-26-49(20-19-29(39)3)25-38-23-37(61-49)18-16-32(6)45(58-43-24-42(55-10)46(34(8)59-43)57-36-17-15-30(4)41(22-36)54-9)31(5)13-12-14-35-27-56-47-44(51)33(7)21-40(48(52)60-38)50(35,47)53/h12-14,16,19-21,28-31,34,36-47,51,53H,11,15,17-18,22-27H2,1-10H3/b13-12+,32-16+,35-14+/t28?,29?,30-,31?,34+,36?,37-,38+,39-,40?,41+,42+,43?,44-,45?,46?,47-,49+,50?/m1/s1. The smallest absolute Gasteiger partial charge is 0.199 e. The second kappa shape index (κ2) is 20.3. The van der Waals surface area contributed by atoms with Crippen molar-refractivity contribution in [3.8, 4) is 0 Å². The largest absolute Gasteiger partial charge is 0.386 e. The molecule has 61 heavy (non-hydrogen) atoms. The van der Waals surface area contributed by atoms with Crippen molar-refractivity contribution < 1.29 is 38.7 Å². The van der Waals surface area contributed by atoms with E-state index in [1.807, 2.05) is 44.0 Å². The molecule has 1 saturated carbocycles. The van der Waals surface area contributed by atoms with Gasteiger partial charge in [-0.15, -0.1) is 23.5 Å². The van der Waals surface area contributed by atoms with E-state index in [2.05, 4.69) is 84.5 Å². The van der Waals surface area contributed by atoms with Crippen LogP contribution in [-0.4, -0.2) is 110 Å². The van der Waals surface area contributed by atoms with Crippen LogP contribution in [0.2, 0.25) is 0 Å². The van der Waals surface area contributed by atoms with Crippen LogP contribution >= 0.6 is 35.3 Å². The summed E-state index contributed by atoms with van der Waals surface area (Å²) < 4.78 is 32.2. The summed E-state index contributed by atoms with van der Waals surface area (Å²) in [4.78, 5) is 14.6. The average Bonchev–Trinajstić information content (AvgIpc) is 3.58. The third-order valence-electron chi connectivity index (χ3n) is 15.7. The molecule has 8 nitrogen and oxygen atoms in total. The zero-order valence-corrected chi connectivity index (χ0v) is 40.9. The van der Waals surface area contributed by atoms with Crippen molar-refractivity contribution in [3.63, 3.8) is 0 Å². The van der Waals surface area contributed by atoms with E-state index in [9.17, 15) is 15.0 Å². The second-order valence-corrected chi connectivity index (χ2v) is 24.5. The molecular formula is C50H76O8S3. The molecule has 0 aromatic rings. The summed E-state index contributed by atoms with van der Waals surface area (Å²) >= 11 is 5.41. The van der Waals surface area contributed by atoms with E-state index in [-0.39, 0.29) is 68.8 Å². The van der Waals surface area contributed by atoms with E-state index in [4.69, 9.17) is 23.7 Å². The second-order valence-electron chi connectivity index (χ2n) is 19.9. The summed E-state index contributed by atoms with van der Waals surface area (Å²) in [5.74, 6) is 1.45. The number of fused-ring (bicyclic) bond motifs is 2. The van der Waals surface area contributed by atoms with Crippen molar-refractivity contribution in [1.29, 1.82) is 0 Å². The Morgan fingerprint density at radius 1 is 0.951 bits per heavy atom. The van der Waals surface area contributed by atoms with E-state index in [1.165, 1.54) is 17.3 Å². The highest BCUT2D eigenvalue weighted by molar-refractivity contribution is 8.14. The molecule has 11 heteroatoms. The van der Waals surface area contributed by atoms with Gasteiger partial charge in [0.15, 0.2) is 5.12 Å². The van der Waals surface area contributed by atoms with Crippen molar-refractivity contribution in [2.45, 2.75) is 187 Å². The van der Waals surface area contributed by atoms with Crippen LogP contribution in [0.25, 0.3) is 0 Å². The molecular weight excluding hydrogens is 825 g/mol. The number of rotatable bonds is 8. The Labute approximate surface area is 380 Å². The third kappa shape index (κ3) is 10.3. The summed E-state index contributed by atoms with van der Waals surface area (Å²) in [5.41, 5.74) is 0.800. The molecule has 4 aliphatic heterocycles. The number of ether oxygens (including phenoxy) is 5. The first-order chi connectivity index (χ1) is 29.1. The topological polar surface area (TPSA) is 104 Å². The van der Waals surface area contributed by atoms with E-state index in [0.717, 1.165) is 57.8 Å². The minimum absolute atomic E-state index is 0.000859. The van der Waals surface area contributed by atoms with Gasteiger partial charge in [0.2, 0.25) is 0 Å². The lowest BCUT2D eigenvalue weighted by Gasteiger charge is -2.48. The molecule has 3 saturated heterocycles. The van der Waals surface area contributed by atoms with Gasteiger partial charge in [-0.25, -0.2) is 0 Å². The van der Waals surface area contributed by atoms with E-state index < -0.39 is 23.7 Å².